The zero-order chi connectivity index (χ0) is 20.4. The lowest BCUT2D eigenvalue weighted by Crippen LogP contribution is -3.15. The first kappa shape index (κ1) is 19.8. The molecule has 1 aliphatic carbocycles. The van der Waals surface area contributed by atoms with Gasteiger partial charge in [-0.3, -0.25) is 10.1 Å². The van der Waals surface area contributed by atoms with Crippen LogP contribution in [0.25, 0.3) is 10.8 Å². The van der Waals surface area contributed by atoms with Crippen LogP contribution in [-0.2, 0) is 14.8 Å². The first-order valence-electron chi connectivity index (χ1n) is 9.85. The Morgan fingerprint density at radius 2 is 1.72 bits per heavy atom. The van der Waals surface area contributed by atoms with E-state index in [0.717, 1.165) is 28.5 Å². The molecule has 0 spiro atoms. The van der Waals surface area contributed by atoms with E-state index in [1.54, 1.807) is 12.1 Å². The van der Waals surface area contributed by atoms with Crippen molar-refractivity contribution in [2.75, 3.05) is 32.7 Å². The van der Waals surface area contributed by atoms with Crippen molar-refractivity contribution in [3.05, 3.63) is 42.5 Å². The predicted molar refractivity (Wildman–Crippen MR) is 108 cm³/mol. The van der Waals surface area contributed by atoms with E-state index in [1.807, 2.05) is 30.3 Å². The molecule has 2 aromatic carbocycles. The Labute approximate surface area is 169 Å². The fraction of sp³-hybridized carbons (Fsp3) is 0.400. The van der Waals surface area contributed by atoms with E-state index in [9.17, 15) is 18.0 Å². The topological polar surface area (TPSA) is 100 Å². The number of fused-ring (bicyclic) bond motifs is 1. The van der Waals surface area contributed by atoms with Gasteiger partial charge in [0.25, 0.3) is 5.91 Å². The van der Waals surface area contributed by atoms with Crippen LogP contribution < -0.4 is 15.5 Å². The number of piperazine rings is 1. The maximum absolute atomic E-state index is 13.0. The lowest BCUT2D eigenvalue weighted by molar-refractivity contribution is -0.895. The zero-order valence-electron chi connectivity index (χ0n) is 16.1. The number of quaternary nitrogens is 1. The summed E-state index contributed by atoms with van der Waals surface area (Å²) in [6, 6.07) is 12.6. The van der Waals surface area contributed by atoms with Gasteiger partial charge in [-0.05, 0) is 35.7 Å². The van der Waals surface area contributed by atoms with Crippen LogP contribution in [-0.4, -0.2) is 63.4 Å². The van der Waals surface area contributed by atoms with Gasteiger partial charge in [0.2, 0.25) is 10.0 Å². The third-order valence-corrected chi connectivity index (χ3v) is 7.26. The first-order valence-corrected chi connectivity index (χ1v) is 11.3. The average Bonchev–Trinajstić information content (AvgIpc) is 3.51. The molecule has 1 aliphatic heterocycles. The summed E-state index contributed by atoms with van der Waals surface area (Å²) in [6.45, 7) is 1.87. The summed E-state index contributed by atoms with van der Waals surface area (Å²) in [4.78, 5) is 24.9. The highest BCUT2D eigenvalue weighted by Crippen LogP contribution is 2.22. The third kappa shape index (κ3) is 4.75. The highest BCUT2D eigenvalue weighted by Gasteiger charge is 2.31. The van der Waals surface area contributed by atoms with Crippen LogP contribution in [0.3, 0.4) is 0 Å². The minimum atomic E-state index is -3.58. The van der Waals surface area contributed by atoms with E-state index in [2.05, 4.69) is 10.6 Å². The van der Waals surface area contributed by atoms with Gasteiger partial charge in [-0.25, -0.2) is 13.2 Å². The Morgan fingerprint density at radius 3 is 2.41 bits per heavy atom. The predicted octanol–water partition coefficient (Wildman–Crippen LogP) is -0.283. The van der Waals surface area contributed by atoms with Crippen molar-refractivity contribution in [1.82, 2.24) is 14.9 Å². The minimum Gasteiger partial charge on any atom is -0.335 e. The van der Waals surface area contributed by atoms with Gasteiger partial charge in [0, 0.05) is 6.04 Å². The molecule has 1 saturated carbocycles. The van der Waals surface area contributed by atoms with Crippen molar-refractivity contribution in [3.63, 3.8) is 0 Å². The van der Waals surface area contributed by atoms with Gasteiger partial charge >= 0.3 is 6.03 Å². The van der Waals surface area contributed by atoms with Crippen molar-refractivity contribution in [3.8, 4) is 0 Å². The highest BCUT2D eigenvalue weighted by atomic mass is 32.2. The SMILES string of the molecule is O=C(C[NH+]1CCN(S(=O)(=O)c2ccc3ccccc3c2)CC1)NC(=O)NC1CC1. The standard InChI is InChI=1S/C20H24N4O4S/c25-19(22-20(26)21-17-6-7-17)14-23-9-11-24(12-10-23)29(27,28)18-8-5-15-3-1-2-4-16(15)13-18/h1-5,8,13,17H,6-7,9-12,14H2,(H2,21,22,25,26)/p+1. The number of urea groups is 1. The van der Waals surface area contributed by atoms with Gasteiger partial charge in [0.05, 0.1) is 31.1 Å². The second-order valence-electron chi connectivity index (χ2n) is 7.64. The number of rotatable bonds is 5. The molecule has 0 aromatic heterocycles. The van der Waals surface area contributed by atoms with Crippen LogP contribution in [0.1, 0.15) is 12.8 Å². The van der Waals surface area contributed by atoms with Crippen LogP contribution in [0.4, 0.5) is 4.79 Å². The van der Waals surface area contributed by atoms with E-state index in [4.69, 9.17) is 0 Å². The molecule has 3 amide bonds. The molecule has 1 heterocycles. The molecular weight excluding hydrogens is 392 g/mol. The number of nitrogens with one attached hydrogen (secondary N) is 3. The fourth-order valence-corrected chi connectivity index (χ4v) is 5.02. The number of carbonyl (C=O) groups is 2. The number of hydrogen-bond donors (Lipinski definition) is 3. The van der Waals surface area contributed by atoms with Crippen molar-refractivity contribution < 1.29 is 22.9 Å². The zero-order valence-corrected chi connectivity index (χ0v) is 16.9. The van der Waals surface area contributed by atoms with Gasteiger partial charge in [0.15, 0.2) is 6.54 Å². The Balaban J connectivity index is 1.33. The van der Waals surface area contributed by atoms with Gasteiger partial charge in [-0.2, -0.15) is 4.31 Å². The summed E-state index contributed by atoms with van der Waals surface area (Å²) < 4.78 is 27.5. The Kier molecular flexibility index (Phi) is 5.53. The fourth-order valence-electron chi connectivity index (χ4n) is 3.54. The molecule has 8 nitrogen and oxygen atoms in total. The summed E-state index contributed by atoms with van der Waals surface area (Å²) in [5, 5.41) is 6.94. The van der Waals surface area contributed by atoms with Crippen LogP contribution >= 0.6 is 0 Å². The van der Waals surface area contributed by atoms with E-state index in [1.165, 1.54) is 4.31 Å². The molecule has 0 radical (unpaired) electrons. The summed E-state index contributed by atoms with van der Waals surface area (Å²) in [6.07, 6.45) is 1.92. The van der Waals surface area contributed by atoms with Crippen LogP contribution in [0, 0.1) is 0 Å². The summed E-state index contributed by atoms with van der Waals surface area (Å²) in [5.41, 5.74) is 0. The molecule has 1 saturated heterocycles. The molecule has 4 rings (SSSR count). The smallest absolute Gasteiger partial charge is 0.321 e. The molecule has 2 fully saturated rings. The van der Waals surface area contributed by atoms with E-state index >= 15 is 0 Å². The van der Waals surface area contributed by atoms with Crippen molar-refractivity contribution in [1.29, 1.82) is 0 Å². The number of benzene rings is 2. The maximum atomic E-state index is 13.0. The summed E-state index contributed by atoms with van der Waals surface area (Å²) >= 11 is 0. The van der Waals surface area contributed by atoms with E-state index in [-0.39, 0.29) is 23.4 Å². The molecule has 29 heavy (non-hydrogen) atoms. The van der Waals surface area contributed by atoms with E-state index in [0.29, 0.717) is 26.2 Å². The summed E-state index contributed by atoms with van der Waals surface area (Å²) in [7, 11) is -3.58. The van der Waals surface area contributed by atoms with Crippen LogP contribution in [0.5, 0.6) is 0 Å². The number of sulfonamides is 1. The molecule has 0 bridgehead atoms. The average molecular weight is 418 g/mol. The molecule has 3 N–H and O–H groups in total. The van der Waals surface area contributed by atoms with Crippen LogP contribution in [0.15, 0.2) is 47.4 Å². The molecular formula is C20H25N4O4S+. The normalized spacial score (nSPS) is 18.5. The quantitative estimate of drug-likeness (QED) is 0.623. The van der Waals surface area contributed by atoms with E-state index < -0.39 is 16.1 Å². The minimum absolute atomic E-state index is 0.155. The summed E-state index contributed by atoms with van der Waals surface area (Å²) in [5.74, 6) is -0.344. The second-order valence-corrected chi connectivity index (χ2v) is 9.57. The number of imide groups is 1. The van der Waals surface area contributed by atoms with Gasteiger partial charge in [-0.1, -0.05) is 30.3 Å². The van der Waals surface area contributed by atoms with Crippen molar-refractivity contribution >= 4 is 32.7 Å². The van der Waals surface area contributed by atoms with Gasteiger partial charge in [-0.15, -0.1) is 0 Å². The molecule has 154 valence electrons. The second kappa shape index (κ2) is 8.10. The largest absolute Gasteiger partial charge is 0.335 e. The Bertz CT molecular complexity index is 1030. The number of hydrogen-bond acceptors (Lipinski definition) is 4. The lowest BCUT2D eigenvalue weighted by atomic mass is 10.1. The molecule has 0 unspecified atom stereocenters. The lowest BCUT2D eigenvalue weighted by Gasteiger charge is -2.31. The maximum Gasteiger partial charge on any atom is 0.321 e. The Hall–Kier alpha value is -2.49. The van der Waals surface area contributed by atoms with Crippen LogP contribution in [0.2, 0.25) is 0 Å². The van der Waals surface area contributed by atoms with Crippen molar-refractivity contribution in [2.45, 2.75) is 23.8 Å². The number of carbonyl (C=O) groups excluding carboxylic acids is 2. The third-order valence-electron chi connectivity index (χ3n) is 5.36. The Morgan fingerprint density at radius 1 is 1.03 bits per heavy atom. The number of amides is 3. The monoisotopic (exact) mass is 417 g/mol. The molecule has 0 atom stereocenters. The van der Waals surface area contributed by atoms with Gasteiger partial charge in [0.1, 0.15) is 0 Å². The molecule has 9 heteroatoms. The number of nitrogens with zero attached hydrogens (tertiary/aromatic N) is 1. The molecule has 2 aliphatic rings. The highest BCUT2D eigenvalue weighted by molar-refractivity contribution is 7.89. The first-order chi connectivity index (χ1) is 13.9. The van der Waals surface area contributed by atoms with Crippen molar-refractivity contribution in [2.24, 2.45) is 0 Å². The van der Waals surface area contributed by atoms with Gasteiger partial charge < -0.3 is 10.2 Å². The molecule has 2 aromatic rings.